The number of amides is 1. The van der Waals surface area contributed by atoms with Gasteiger partial charge in [-0.1, -0.05) is 17.8 Å². The van der Waals surface area contributed by atoms with Gasteiger partial charge >= 0.3 is 0 Å². The van der Waals surface area contributed by atoms with Crippen molar-refractivity contribution in [1.82, 2.24) is 9.55 Å². The fraction of sp³-hybridized carbons (Fsp3) is 0.158. The number of aryl methyl sites for hydroxylation is 2. The number of rotatable bonds is 5. The van der Waals surface area contributed by atoms with Crippen LogP contribution in [0.15, 0.2) is 69.8 Å². The number of nitrogens with one attached hydrogen (secondary N) is 1. The second-order valence-electron chi connectivity index (χ2n) is 5.58. The van der Waals surface area contributed by atoms with Crippen LogP contribution in [0.1, 0.15) is 15.9 Å². The van der Waals surface area contributed by atoms with E-state index in [1.807, 2.05) is 73.5 Å². The van der Waals surface area contributed by atoms with Gasteiger partial charge in [-0.3, -0.25) is 4.79 Å². The van der Waals surface area contributed by atoms with Crippen LogP contribution in [-0.4, -0.2) is 21.7 Å². The Balaban J connectivity index is 1.71. The second kappa shape index (κ2) is 7.80. The Labute approximate surface area is 156 Å². The first-order valence-electron chi connectivity index (χ1n) is 7.78. The third-order valence-corrected chi connectivity index (χ3v) is 5.60. The number of hydrogen-bond donors (Lipinski definition) is 1. The third kappa shape index (κ3) is 4.27. The number of benzene rings is 2. The molecule has 1 aromatic heterocycles. The Morgan fingerprint density at radius 3 is 2.48 bits per heavy atom. The van der Waals surface area contributed by atoms with Crippen molar-refractivity contribution in [2.75, 3.05) is 11.6 Å². The maximum atomic E-state index is 12.6. The number of imidazole rings is 1. The number of aromatic nitrogens is 2. The molecule has 0 aliphatic heterocycles. The molecule has 1 heterocycles. The Morgan fingerprint density at radius 1 is 1.12 bits per heavy atom. The summed E-state index contributed by atoms with van der Waals surface area (Å²) in [5.74, 6) is -0.0853. The molecule has 0 spiro atoms. The van der Waals surface area contributed by atoms with Crippen molar-refractivity contribution in [2.45, 2.75) is 21.9 Å². The lowest BCUT2D eigenvalue weighted by molar-refractivity contribution is 0.102. The molecule has 1 N–H and O–H groups in total. The summed E-state index contributed by atoms with van der Waals surface area (Å²) in [6, 6.07) is 13.7. The monoisotopic (exact) mass is 369 g/mol. The highest BCUT2D eigenvalue weighted by molar-refractivity contribution is 7.99. The van der Waals surface area contributed by atoms with Crippen LogP contribution in [0.25, 0.3) is 0 Å². The minimum Gasteiger partial charge on any atom is -0.329 e. The molecule has 0 saturated heterocycles. The van der Waals surface area contributed by atoms with Crippen LogP contribution >= 0.6 is 23.5 Å². The van der Waals surface area contributed by atoms with Gasteiger partial charge in [-0.25, -0.2) is 4.98 Å². The van der Waals surface area contributed by atoms with Gasteiger partial charge in [0.2, 0.25) is 0 Å². The molecule has 0 radical (unpaired) electrons. The lowest BCUT2D eigenvalue weighted by atomic mass is 10.1. The zero-order valence-corrected chi connectivity index (χ0v) is 15.9. The number of carbonyl (C=O) groups is 1. The average Bonchev–Trinajstić information content (AvgIpc) is 3.02. The van der Waals surface area contributed by atoms with Crippen LogP contribution in [-0.2, 0) is 7.05 Å². The van der Waals surface area contributed by atoms with Gasteiger partial charge in [-0.2, -0.15) is 0 Å². The Bertz CT molecular complexity index is 888. The average molecular weight is 370 g/mol. The van der Waals surface area contributed by atoms with Crippen molar-refractivity contribution in [2.24, 2.45) is 7.05 Å². The lowest BCUT2D eigenvalue weighted by Crippen LogP contribution is -2.13. The van der Waals surface area contributed by atoms with Crippen LogP contribution < -0.4 is 5.32 Å². The topological polar surface area (TPSA) is 46.9 Å². The molecule has 0 aliphatic carbocycles. The highest BCUT2D eigenvalue weighted by atomic mass is 32.2. The molecular formula is C19H19N3OS2. The van der Waals surface area contributed by atoms with E-state index in [1.165, 1.54) is 0 Å². The van der Waals surface area contributed by atoms with E-state index < -0.39 is 0 Å². The number of thioether (sulfide) groups is 1. The van der Waals surface area contributed by atoms with E-state index in [1.54, 1.807) is 29.7 Å². The molecule has 0 atom stereocenters. The first-order chi connectivity index (χ1) is 12.1. The predicted molar refractivity (Wildman–Crippen MR) is 105 cm³/mol. The lowest BCUT2D eigenvalue weighted by Gasteiger charge is -2.10. The quantitative estimate of drug-likeness (QED) is 0.653. The fourth-order valence-electron chi connectivity index (χ4n) is 2.33. The predicted octanol–water partition coefficient (Wildman–Crippen LogP) is 4.85. The summed E-state index contributed by atoms with van der Waals surface area (Å²) in [5, 5.41) is 3.90. The normalized spacial score (nSPS) is 10.7. The molecule has 25 heavy (non-hydrogen) atoms. The van der Waals surface area contributed by atoms with E-state index in [0.717, 1.165) is 26.2 Å². The van der Waals surface area contributed by atoms with Gasteiger partial charge in [0.25, 0.3) is 5.91 Å². The van der Waals surface area contributed by atoms with E-state index >= 15 is 0 Å². The van der Waals surface area contributed by atoms with E-state index in [0.29, 0.717) is 5.56 Å². The first kappa shape index (κ1) is 17.6. The molecule has 0 unspecified atom stereocenters. The van der Waals surface area contributed by atoms with Gasteiger partial charge in [0, 0.05) is 40.5 Å². The summed E-state index contributed by atoms with van der Waals surface area (Å²) < 4.78 is 1.97. The summed E-state index contributed by atoms with van der Waals surface area (Å²) >= 11 is 3.22. The zero-order valence-electron chi connectivity index (χ0n) is 14.3. The number of hydrogen-bond acceptors (Lipinski definition) is 4. The maximum Gasteiger partial charge on any atom is 0.255 e. The van der Waals surface area contributed by atoms with E-state index in [4.69, 9.17) is 0 Å². The van der Waals surface area contributed by atoms with Crippen molar-refractivity contribution >= 4 is 35.1 Å². The van der Waals surface area contributed by atoms with E-state index in [2.05, 4.69) is 10.3 Å². The van der Waals surface area contributed by atoms with E-state index in [9.17, 15) is 4.79 Å². The van der Waals surface area contributed by atoms with Gasteiger partial charge in [0.1, 0.15) is 0 Å². The molecular weight excluding hydrogens is 350 g/mol. The van der Waals surface area contributed by atoms with Gasteiger partial charge in [0.05, 0.1) is 0 Å². The first-order valence-corrected chi connectivity index (χ1v) is 9.82. The van der Waals surface area contributed by atoms with Gasteiger partial charge in [-0.15, -0.1) is 11.8 Å². The van der Waals surface area contributed by atoms with E-state index in [-0.39, 0.29) is 5.91 Å². The Morgan fingerprint density at radius 2 is 1.84 bits per heavy atom. The molecule has 128 valence electrons. The minimum atomic E-state index is -0.0853. The Kier molecular flexibility index (Phi) is 5.50. The molecule has 0 bridgehead atoms. The van der Waals surface area contributed by atoms with Crippen LogP contribution in [0.4, 0.5) is 5.69 Å². The summed E-state index contributed by atoms with van der Waals surface area (Å²) in [7, 11) is 1.97. The molecule has 0 aliphatic rings. The third-order valence-electron chi connectivity index (χ3n) is 3.79. The van der Waals surface area contributed by atoms with Crippen LogP contribution in [0.2, 0.25) is 0 Å². The molecule has 1 amide bonds. The van der Waals surface area contributed by atoms with Crippen LogP contribution in [0.3, 0.4) is 0 Å². The van der Waals surface area contributed by atoms with Crippen LogP contribution in [0, 0.1) is 6.92 Å². The molecule has 0 fully saturated rings. The van der Waals surface area contributed by atoms with Crippen molar-refractivity contribution in [1.29, 1.82) is 0 Å². The maximum absolute atomic E-state index is 12.6. The second-order valence-corrected chi connectivity index (χ2v) is 7.50. The largest absolute Gasteiger partial charge is 0.329 e. The highest BCUT2D eigenvalue weighted by Crippen LogP contribution is 2.27. The van der Waals surface area contributed by atoms with Crippen molar-refractivity contribution in [3.05, 3.63) is 66.0 Å². The summed E-state index contributed by atoms with van der Waals surface area (Å²) in [4.78, 5) is 19.0. The zero-order chi connectivity index (χ0) is 17.8. The van der Waals surface area contributed by atoms with Gasteiger partial charge in [0.15, 0.2) is 5.16 Å². The Hall–Kier alpha value is -2.18. The molecule has 3 aromatic rings. The molecule has 4 nitrogen and oxygen atoms in total. The number of anilines is 1. The highest BCUT2D eigenvalue weighted by Gasteiger charge is 2.10. The van der Waals surface area contributed by atoms with Gasteiger partial charge in [-0.05, 0) is 55.1 Å². The smallest absolute Gasteiger partial charge is 0.255 e. The fourth-order valence-corrected chi connectivity index (χ4v) is 3.57. The SMILES string of the molecule is CSc1ccc(C)c(C(=O)Nc2ccc(Sc3nccn3C)cc2)c1. The van der Waals surface area contributed by atoms with Crippen molar-refractivity contribution < 1.29 is 4.79 Å². The van der Waals surface area contributed by atoms with Crippen molar-refractivity contribution in [3.63, 3.8) is 0 Å². The molecule has 2 aromatic carbocycles. The summed E-state index contributed by atoms with van der Waals surface area (Å²) in [6.07, 6.45) is 5.70. The van der Waals surface area contributed by atoms with Crippen molar-refractivity contribution in [3.8, 4) is 0 Å². The summed E-state index contributed by atoms with van der Waals surface area (Å²) in [5.41, 5.74) is 2.46. The molecule has 3 rings (SSSR count). The molecule has 0 saturated carbocycles. The number of carbonyl (C=O) groups excluding carboxylic acids is 1. The number of nitrogens with zero attached hydrogens (tertiary/aromatic N) is 2. The standard InChI is InChI=1S/C19H19N3OS2/c1-13-4-7-16(24-3)12-17(13)18(23)21-14-5-8-15(9-6-14)25-19-20-10-11-22(19)2/h4-12H,1-3H3,(H,21,23). The van der Waals surface area contributed by atoms with Crippen LogP contribution in [0.5, 0.6) is 0 Å². The molecule has 6 heteroatoms. The minimum absolute atomic E-state index is 0.0853. The van der Waals surface area contributed by atoms with Gasteiger partial charge < -0.3 is 9.88 Å². The summed E-state index contributed by atoms with van der Waals surface area (Å²) in [6.45, 7) is 1.95.